The Morgan fingerprint density at radius 2 is 1.74 bits per heavy atom. The minimum atomic E-state index is -0.494. The molecule has 1 amide bonds. The molecule has 0 unspecified atom stereocenters. The maximum atomic E-state index is 13.6. The lowest BCUT2D eigenvalue weighted by atomic mass is 9.91. The van der Waals surface area contributed by atoms with Crippen LogP contribution >= 0.6 is 23.2 Å². The molecule has 6 nitrogen and oxygen atoms in total. The monoisotopic (exact) mass is 540 g/mol. The summed E-state index contributed by atoms with van der Waals surface area (Å²) in [5.74, 6) is -0.167. The predicted molar refractivity (Wildman–Crippen MR) is 153 cm³/mol. The number of nitrogens with zero attached hydrogens (tertiary/aromatic N) is 3. The number of H-pyrrole nitrogens is 1. The largest absolute Gasteiger partial charge is 0.321 e. The summed E-state index contributed by atoms with van der Waals surface area (Å²) < 4.78 is 0. The van der Waals surface area contributed by atoms with E-state index < -0.39 is 6.04 Å². The van der Waals surface area contributed by atoms with Crippen molar-refractivity contribution in [1.29, 1.82) is 0 Å². The first-order chi connectivity index (χ1) is 18.4. The number of aromatic nitrogens is 2. The van der Waals surface area contributed by atoms with E-state index in [-0.39, 0.29) is 17.9 Å². The Hall–Kier alpha value is -4.00. The molecule has 0 saturated heterocycles. The molecule has 0 radical (unpaired) electrons. The summed E-state index contributed by atoms with van der Waals surface area (Å²) >= 11 is 12.8. The lowest BCUT2D eigenvalue weighted by molar-refractivity contribution is -0.132. The van der Waals surface area contributed by atoms with Crippen molar-refractivity contribution < 1.29 is 4.79 Å². The molecule has 2 aromatic heterocycles. The highest BCUT2D eigenvalue weighted by Gasteiger charge is 2.36. The van der Waals surface area contributed by atoms with Gasteiger partial charge in [-0.1, -0.05) is 78.7 Å². The van der Waals surface area contributed by atoms with Crippen molar-refractivity contribution in [3.63, 3.8) is 0 Å². The van der Waals surface area contributed by atoms with Crippen LogP contribution in [0.5, 0.6) is 0 Å². The number of halogens is 2. The van der Waals surface area contributed by atoms with Crippen molar-refractivity contribution >= 4 is 56.6 Å². The van der Waals surface area contributed by atoms with E-state index in [1.807, 2.05) is 66.7 Å². The van der Waals surface area contributed by atoms with Gasteiger partial charge in [-0.15, -0.1) is 0 Å². The Labute approximate surface area is 228 Å². The number of amides is 1. The van der Waals surface area contributed by atoms with Gasteiger partial charge >= 0.3 is 0 Å². The first kappa shape index (κ1) is 24.3. The molecule has 0 aliphatic carbocycles. The van der Waals surface area contributed by atoms with Crippen LogP contribution < -0.4 is 5.56 Å². The number of carbonyl (C=O) groups is 1. The Bertz CT molecular complexity index is 1810. The SMILES string of the molecule is CCC(=O)N1N=C(c2c(-c3ccc(Cl)cc3)c3ccccc3[nH]c2=O)C[C@H]1c1cc2ccccc2nc1Cl. The summed E-state index contributed by atoms with van der Waals surface area (Å²) in [4.78, 5) is 34.3. The Balaban J connectivity index is 1.56. The molecule has 0 bridgehead atoms. The number of hydrogen-bond acceptors (Lipinski definition) is 4. The maximum absolute atomic E-state index is 13.6. The van der Waals surface area contributed by atoms with Crippen LogP contribution in [0.15, 0.2) is 88.8 Å². The Morgan fingerprint density at radius 1 is 1.00 bits per heavy atom. The van der Waals surface area contributed by atoms with Gasteiger partial charge in [-0.05, 0) is 35.9 Å². The summed E-state index contributed by atoms with van der Waals surface area (Å²) in [5.41, 5.74) is 4.40. The number of carbonyl (C=O) groups excluding carboxylic acids is 1. The third kappa shape index (κ3) is 4.16. The second-order valence-corrected chi connectivity index (χ2v) is 9.97. The van der Waals surface area contributed by atoms with Crippen LogP contribution in [0.25, 0.3) is 32.9 Å². The van der Waals surface area contributed by atoms with Gasteiger partial charge in [0.1, 0.15) is 5.15 Å². The van der Waals surface area contributed by atoms with E-state index in [1.54, 1.807) is 19.1 Å². The first-order valence-corrected chi connectivity index (χ1v) is 13.1. The van der Waals surface area contributed by atoms with Crippen LogP contribution in [0.3, 0.4) is 0 Å². The highest BCUT2D eigenvalue weighted by molar-refractivity contribution is 6.31. The van der Waals surface area contributed by atoms with Crippen molar-refractivity contribution in [2.45, 2.75) is 25.8 Å². The fourth-order valence-electron chi connectivity index (χ4n) is 5.07. The normalized spacial score (nSPS) is 15.3. The molecule has 8 heteroatoms. The molecule has 3 heterocycles. The van der Waals surface area contributed by atoms with E-state index in [0.717, 1.165) is 27.4 Å². The summed E-state index contributed by atoms with van der Waals surface area (Å²) in [6, 6.07) is 24.1. The standard InChI is InChI=1S/C30H22Cl2N4O2/c1-2-26(37)36-25(21-15-18-7-3-5-9-22(18)33-29(21)32)16-24(35-36)28-27(17-11-13-19(31)14-12-17)20-8-4-6-10-23(20)34-30(28)38/h3-15,25H,2,16H2,1H3,(H,34,38)/t25-/m0/s1. The summed E-state index contributed by atoms with van der Waals surface area (Å²) in [6.45, 7) is 1.79. The third-order valence-electron chi connectivity index (χ3n) is 6.88. The van der Waals surface area contributed by atoms with Crippen molar-refractivity contribution in [1.82, 2.24) is 15.0 Å². The highest BCUT2D eigenvalue weighted by Crippen LogP contribution is 2.39. The number of pyridine rings is 2. The van der Waals surface area contributed by atoms with Crippen molar-refractivity contribution in [3.05, 3.63) is 111 Å². The number of para-hydroxylation sites is 2. The van der Waals surface area contributed by atoms with E-state index in [1.165, 1.54) is 5.01 Å². The molecule has 38 heavy (non-hydrogen) atoms. The lowest BCUT2D eigenvalue weighted by Crippen LogP contribution is -2.26. The van der Waals surface area contributed by atoms with Crippen LogP contribution in [-0.4, -0.2) is 26.6 Å². The lowest BCUT2D eigenvalue weighted by Gasteiger charge is -2.22. The van der Waals surface area contributed by atoms with Gasteiger partial charge in [0.2, 0.25) is 5.91 Å². The topological polar surface area (TPSA) is 78.4 Å². The van der Waals surface area contributed by atoms with Crippen LogP contribution in [0.4, 0.5) is 0 Å². The molecule has 0 spiro atoms. The quantitative estimate of drug-likeness (QED) is 0.246. The van der Waals surface area contributed by atoms with Gasteiger partial charge in [-0.3, -0.25) is 9.59 Å². The molecule has 1 atom stereocenters. The van der Waals surface area contributed by atoms with E-state index in [2.05, 4.69) is 9.97 Å². The van der Waals surface area contributed by atoms with E-state index >= 15 is 0 Å². The van der Waals surface area contributed by atoms with Gasteiger partial charge in [0.25, 0.3) is 5.56 Å². The molecule has 0 saturated carbocycles. The second kappa shape index (κ2) is 9.71. The van der Waals surface area contributed by atoms with Crippen LogP contribution in [0, 0.1) is 0 Å². The maximum Gasteiger partial charge on any atom is 0.258 e. The zero-order valence-corrected chi connectivity index (χ0v) is 21.9. The zero-order chi connectivity index (χ0) is 26.4. The van der Waals surface area contributed by atoms with Crippen molar-refractivity contribution in [2.24, 2.45) is 5.10 Å². The highest BCUT2D eigenvalue weighted by atomic mass is 35.5. The molecule has 1 aliphatic heterocycles. The molecular formula is C30H22Cl2N4O2. The second-order valence-electron chi connectivity index (χ2n) is 9.18. The number of aromatic amines is 1. The average molecular weight is 541 g/mol. The van der Waals surface area contributed by atoms with Gasteiger partial charge in [0.05, 0.1) is 22.8 Å². The molecule has 188 valence electrons. The minimum Gasteiger partial charge on any atom is -0.321 e. The number of hydrazone groups is 1. The molecular weight excluding hydrogens is 519 g/mol. The Kier molecular flexibility index (Phi) is 6.22. The summed E-state index contributed by atoms with van der Waals surface area (Å²) in [7, 11) is 0. The summed E-state index contributed by atoms with van der Waals surface area (Å²) in [6.07, 6.45) is 0.567. The van der Waals surface area contributed by atoms with Gasteiger partial charge in [0.15, 0.2) is 0 Å². The molecule has 1 aliphatic rings. The fraction of sp³-hybridized carbons (Fsp3) is 0.133. The van der Waals surface area contributed by atoms with Gasteiger partial charge in [0, 0.05) is 45.3 Å². The molecule has 0 fully saturated rings. The minimum absolute atomic E-state index is 0.167. The number of fused-ring (bicyclic) bond motifs is 2. The molecule has 3 aromatic carbocycles. The van der Waals surface area contributed by atoms with Crippen molar-refractivity contribution in [3.8, 4) is 11.1 Å². The van der Waals surface area contributed by atoms with Gasteiger partial charge in [-0.25, -0.2) is 9.99 Å². The number of rotatable bonds is 4. The van der Waals surface area contributed by atoms with E-state index in [4.69, 9.17) is 28.3 Å². The van der Waals surface area contributed by atoms with Gasteiger partial charge < -0.3 is 4.98 Å². The predicted octanol–water partition coefficient (Wildman–Crippen LogP) is 7.14. The first-order valence-electron chi connectivity index (χ1n) is 12.3. The van der Waals surface area contributed by atoms with E-state index in [9.17, 15) is 9.59 Å². The van der Waals surface area contributed by atoms with Crippen LogP contribution in [0.1, 0.15) is 36.9 Å². The molecule has 6 rings (SSSR count). The van der Waals surface area contributed by atoms with Gasteiger partial charge in [-0.2, -0.15) is 5.10 Å². The van der Waals surface area contributed by atoms with Crippen molar-refractivity contribution in [2.75, 3.05) is 0 Å². The fourth-order valence-corrected chi connectivity index (χ4v) is 5.47. The van der Waals surface area contributed by atoms with E-state index in [0.29, 0.717) is 39.0 Å². The molecule has 1 N–H and O–H groups in total. The smallest absolute Gasteiger partial charge is 0.258 e. The number of nitrogens with one attached hydrogen (secondary N) is 1. The average Bonchev–Trinajstić information content (AvgIpc) is 3.36. The molecule has 5 aromatic rings. The number of hydrogen-bond donors (Lipinski definition) is 1. The van der Waals surface area contributed by atoms with Crippen LogP contribution in [-0.2, 0) is 4.79 Å². The Morgan fingerprint density at radius 3 is 2.53 bits per heavy atom. The zero-order valence-electron chi connectivity index (χ0n) is 20.4. The summed E-state index contributed by atoms with van der Waals surface area (Å²) in [5, 5.41) is 8.89. The van der Waals surface area contributed by atoms with Crippen LogP contribution in [0.2, 0.25) is 10.2 Å². The third-order valence-corrected chi connectivity index (χ3v) is 7.43. The number of benzene rings is 3.